The van der Waals surface area contributed by atoms with Crippen molar-refractivity contribution in [1.82, 2.24) is 0 Å². The number of hydrogen-bond acceptors (Lipinski definition) is 0. The van der Waals surface area contributed by atoms with Gasteiger partial charge in [0.15, 0.2) is 0 Å². The molecule has 0 bridgehead atoms. The standard InChI is InChI=1S/2C16H21.C2H7Si.2ClH.Zr/c2*1-6-10(2)14-8-7-11(3)15-9-12(4)13(5)16(14)15;1-3-2;;;/h2*7-10H,6H2,1-5H3;3H,1-2H3;2*1H;/q;;;;;+2/p-2. The van der Waals surface area contributed by atoms with Crippen LogP contribution in [-0.4, -0.2) is 5.92 Å². The van der Waals surface area contributed by atoms with Gasteiger partial charge in [0.05, 0.1) is 0 Å². The van der Waals surface area contributed by atoms with Crippen LogP contribution < -0.4 is 0 Å². The van der Waals surface area contributed by atoms with Crippen molar-refractivity contribution in [2.75, 3.05) is 0 Å². The predicted octanol–water partition coefficient (Wildman–Crippen LogP) is 11.7. The van der Waals surface area contributed by atoms with Crippen LogP contribution in [0.2, 0.25) is 13.1 Å². The molecule has 0 aliphatic heterocycles. The van der Waals surface area contributed by atoms with Gasteiger partial charge < -0.3 is 0 Å². The molecule has 2 aromatic rings. The van der Waals surface area contributed by atoms with E-state index < -0.39 is 21.5 Å². The molecule has 0 fully saturated rings. The Morgan fingerprint density at radius 3 is 1.32 bits per heavy atom. The van der Waals surface area contributed by atoms with E-state index in [1.165, 1.54) is 66.8 Å². The van der Waals surface area contributed by atoms with Crippen molar-refractivity contribution in [1.29, 1.82) is 0 Å². The maximum absolute atomic E-state index is 8.56. The number of benzene rings is 2. The van der Waals surface area contributed by atoms with E-state index in [0.29, 0.717) is 11.8 Å². The second kappa shape index (κ2) is 10.5. The van der Waals surface area contributed by atoms with Crippen molar-refractivity contribution in [2.45, 2.75) is 114 Å². The third-order valence-corrected chi connectivity index (χ3v) is 62.9. The van der Waals surface area contributed by atoms with E-state index in [1.807, 2.05) is 0 Å². The van der Waals surface area contributed by atoms with Gasteiger partial charge >= 0.3 is 244 Å². The molecule has 4 heteroatoms. The van der Waals surface area contributed by atoms with Crippen LogP contribution in [0.4, 0.5) is 0 Å². The van der Waals surface area contributed by atoms with Crippen molar-refractivity contribution < 1.29 is 15.6 Å². The number of rotatable bonds is 7. The quantitative estimate of drug-likeness (QED) is 0.262. The molecule has 0 N–H and O–H groups in total. The first-order valence-electron chi connectivity index (χ1n) is 14.8. The maximum atomic E-state index is 8.56. The van der Waals surface area contributed by atoms with Crippen LogP contribution in [0.3, 0.4) is 0 Å². The molecule has 4 unspecified atom stereocenters. The molecule has 2 aromatic carbocycles. The average molecular weight is 648 g/mol. The molecule has 0 aromatic heterocycles. The molecule has 0 heterocycles. The Bertz CT molecular complexity index is 1270. The van der Waals surface area contributed by atoms with E-state index in [9.17, 15) is 0 Å². The molecule has 207 valence electrons. The Morgan fingerprint density at radius 2 is 1.03 bits per heavy atom. The van der Waals surface area contributed by atoms with Gasteiger partial charge in [0, 0.05) is 0 Å². The summed E-state index contributed by atoms with van der Waals surface area (Å²) in [6.07, 6.45) is 2.27. The van der Waals surface area contributed by atoms with Crippen molar-refractivity contribution >= 4 is 34.1 Å². The van der Waals surface area contributed by atoms with E-state index in [-0.39, 0.29) is 7.25 Å². The molecule has 0 nitrogen and oxygen atoms in total. The van der Waals surface area contributed by atoms with Crippen molar-refractivity contribution in [2.24, 2.45) is 0 Å². The molecule has 0 radical (unpaired) electrons. The summed E-state index contributed by atoms with van der Waals surface area (Å²) in [7, 11) is 17.1. The van der Waals surface area contributed by atoms with Gasteiger partial charge in [-0.05, 0) is 0 Å². The summed E-state index contributed by atoms with van der Waals surface area (Å²) < 4.78 is 0.353. The fourth-order valence-corrected chi connectivity index (χ4v) is 40.8. The predicted molar refractivity (Wildman–Crippen MR) is 172 cm³/mol. The Morgan fingerprint density at radius 1 is 0.684 bits per heavy atom. The molecular formula is C34H49Cl2SiZr. The van der Waals surface area contributed by atoms with Gasteiger partial charge in [0.25, 0.3) is 0 Å². The van der Waals surface area contributed by atoms with E-state index >= 15 is 0 Å². The Labute approximate surface area is 242 Å². The normalized spacial score (nSPS) is 22.0. The summed E-state index contributed by atoms with van der Waals surface area (Å²) in [6.45, 7) is 28.3. The second-order valence-corrected chi connectivity index (χ2v) is 55.5. The fraction of sp³-hybridized carbons (Fsp3) is 0.529. The first-order chi connectivity index (χ1) is 17.6. The van der Waals surface area contributed by atoms with Crippen LogP contribution in [0.15, 0.2) is 35.4 Å². The van der Waals surface area contributed by atoms with Gasteiger partial charge in [-0.15, -0.1) is 0 Å². The zero-order valence-corrected chi connectivity index (χ0v) is 31.0. The second-order valence-electron chi connectivity index (χ2n) is 13.0. The molecule has 0 saturated heterocycles. The van der Waals surface area contributed by atoms with Crippen molar-refractivity contribution in [3.05, 3.63) is 79.9 Å². The van der Waals surface area contributed by atoms with E-state index in [2.05, 4.69) is 107 Å². The van der Waals surface area contributed by atoms with Gasteiger partial charge in [-0.25, -0.2) is 0 Å². The zero-order valence-electron chi connectivity index (χ0n) is 25.9. The average Bonchev–Trinajstić information content (AvgIpc) is 3.31. The van der Waals surface area contributed by atoms with Crippen LogP contribution in [0.25, 0.3) is 11.1 Å². The number of fused-ring (bicyclic) bond motifs is 2. The number of allylic oxidation sites excluding steroid dienone is 4. The Balaban J connectivity index is 2.11. The van der Waals surface area contributed by atoms with E-state index in [1.54, 1.807) is 0 Å². The summed E-state index contributed by atoms with van der Waals surface area (Å²) in [5.41, 5.74) is 17.4. The minimum atomic E-state index is -4.68. The summed E-state index contributed by atoms with van der Waals surface area (Å²) in [4.78, 5) is 0. The SMILES string of the molecule is CCC(C)c1ccc(C)c2c1C(C)=C(C)[CH]2[Zr]([Cl])([Cl])([CH]1C(C)=C(C)c2c(C(C)CC)ccc(C)c21)[SiH](C)C. The molecule has 0 saturated carbocycles. The van der Waals surface area contributed by atoms with Crippen LogP contribution in [0.5, 0.6) is 0 Å². The molecule has 38 heavy (non-hydrogen) atoms. The number of aryl methyl sites for hydroxylation is 2. The van der Waals surface area contributed by atoms with E-state index in [0.717, 1.165) is 12.8 Å². The summed E-state index contributed by atoms with van der Waals surface area (Å²) in [5, 5.41) is 0. The van der Waals surface area contributed by atoms with Crippen LogP contribution in [0.1, 0.15) is 132 Å². The minimum absolute atomic E-state index is 0.177. The molecular weight excluding hydrogens is 599 g/mol. The first kappa shape index (κ1) is 30.6. The summed E-state index contributed by atoms with van der Waals surface area (Å²) >= 11 is -4.68. The van der Waals surface area contributed by atoms with Crippen LogP contribution in [0, 0.1) is 13.8 Å². The van der Waals surface area contributed by atoms with Crippen LogP contribution in [-0.2, 0) is 15.6 Å². The third kappa shape index (κ3) is 4.13. The number of halogens is 2. The van der Waals surface area contributed by atoms with Crippen molar-refractivity contribution in [3.63, 3.8) is 0 Å². The summed E-state index contributed by atoms with van der Waals surface area (Å²) in [5.74, 6) is -0.498. The van der Waals surface area contributed by atoms with Gasteiger partial charge in [-0.2, -0.15) is 0 Å². The Kier molecular flexibility index (Phi) is 8.41. The van der Waals surface area contributed by atoms with E-state index in [4.69, 9.17) is 17.0 Å². The molecule has 4 atom stereocenters. The third-order valence-electron chi connectivity index (χ3n) is 10.9. The van der Waals surface area contributed by atoms with Gasteiger partial charge in [0.2, 0.25) is 0 Å². The number of hydrogen-bond donors (Lipinski definition) is 0. The molecule has 4 rings (SSSR count). The zero-order chi connectivity index (χ0) is 28.5. The van der Waals surface area contributed by atoms with Gasteiger partial charge in [-0.3, -0.25) is 0 Å². The fourth-order valence-electron chi connectivity index (χ4n) is 7.80. The van der Waals surface area contributed by atoms with Crippen molar-refractivity contribution in [3.8, 4) is 0 Å². The van der Waals surface area contributed by atoms with Gasteiger partial charge in [-0.1, -0.05) is 0 Å². The molecule has 0 spiro atoms. The Hall–Kier alpha value is -0.400. The topological polar surface area (TPSA) is 0 Å². The van der Waals surface area contributed by atoms with Crippen LogP contribution >= 0.6 is 17.0 Å². The first-order valence-corrected chi connectivity index (χ1v) is 31.2. The van der Waals surface area contributed by atoms with Gasteiger partial charge in [0.1, 0.15) is 0 Å². The molecule has 2 aliphatic rings. The molecule has 0 amide bonds. The monoisotopic (exact) mass is 645 g/mol. The molecule has 2 aliphatic carbocycles. The summed E-state index contributed by atoms with van der Waals surface area (Å²) in [6, 6.07) is 9.47.